The van der Waals surface area contributed by atoms with Gasteiger partial charge >= 0.3 is 0 Å². The monoisotopic (exact) mass is 359 g/mol. The number of oxime groups is 1. The highest BCUT2D eigenvalue weighted by Crippen LogP contribution is 2.43. The molecule has 1 aromatic rings. The van der Waals surface area contributed by atoms with Crippen LogP contribution in [0.15, 0.2) is 11.2 Å². The Morgan fingerprint density at radius 1 is 1.36 bits per heavy atom. The highest BCUT2D eigenvalue weighted by Gasteiger charge is 2.45. The lowest BCUT2D eigenvalue weighted by molar-refractivity contribution is 0.0418. The summed E-state index contributed by atoms with van der Waals surface area (Å²) in [5.74, 6) is -0.0690. The minimum atomic E-state index is -0.445. The Labute approximate surface area is 152 Å². The summed E-state index contributed by atoms with van der Waals surface area (Å²) < 4.78 is 0. The third kappa shape index (κ3) is 2.62. The molecule has 2 atom stereocenters. The molecule has 1 fully saturated rings. The van der Waals surface area contributed by atoms with Gasteiger partial charge in [-0.25, -0.2) is 0 Å². The third-order valence-corrected chi connectivity index (χ3v) is 6.24. The minimum absolute atomic E-state index is 0.0339. The Hall–Kier alpha value is -1.68. The summed E-state index contributed by atoms with van der Waals surface area (Å²) in [6.07, 6.45) is 5.15. The lowest BCUT2D eigenvalue weighted by atomic mass is 9.71. The van der Waals surface area contributed by atoms with Gasteiger partial charge in [-0.1, -0.05) is 30.6 Å². The summed E-state index contributed by atoms with van der Waals surface area (Å²) in [7, 11) is 0. The Morgan fingerprint density at radius 2 is 2.08 bits per heavy atom. The smallest absolute Gasteiger partial charge is 0.176 e. The molecule has 1 aromatic carbocycles. The van der Waals surface area contributed by atoms with E-state index in [4.69, 9.17) is 16.4 Å². The van der Waals surface area contributed by atoms with Gasteiger partial charge in [-0.3, -0.25) is 9.59 Å². The second-order valence-corrected chi connectivity index (χ2v) is 8.55. The summed E-state index contributed by atoms with van der Waals surface area (Å²) in [6.45, 7) is 5.84. The van der Waals surface area contributed by atoms with Crippen LogP contribution < -0.4 is 0 Å². The Kier molecular flexibility index (Phi) is 3.80. The Morgan fingerprint density at radius 3 is 2.76 bits per heavy atom. The van der Waals surface area contributed by atoms with Gasteiger partial charge in [0.25, 0.3) is 0 Å². The van der Waals surface area contributed by atoms with Crippen LogP contribution in [0.1, 0.15) is 65.0 Å². The fraction of sp³-hybridized carbons (Fsp3) is 0.550. The molecule has 4 nitrogen and oxygen atoms in total. The number of benzene rings is 1. The number of ketones is 2. The Balaban J connectivity index is 1.77. The first-order valence-electron chi connectivity index (χ1n) is 8.91. The standard InChI is InChI=1S/C20H22ClNO3/c1-10-8-13(17(23)14-9-22-25-18(14)11-4-5-11)16(21)15-12(10)6-7-20(2,3)19(15)24/h8-9,11,14,18H,4-7H2,1-3H3. The zero-order valence-electron chi connectivity index (χ0n) is 14.8. The van der Waals surface area contributed by atoms with E-state index in [9.17, 15) is 9.59 Å². The van der Waals surface area contributed by atoms with Crippen molar-refractivity contribution in [3.8, 4) is 0 Å². The van der Waals surface area contributed by atoms with Crippen LogP contribution in [0.3, 0.4) is 0 Å². The normalized spacial score (nSPS) is 27.1. The number of hydrogen-bond acceptors (Lipinski definition) is 4. The van der Waals surface area contributed by atoms with Gasteiger partial charge in [-0.05, 0) is 55.7 Å². The van der Waals surface area contributed by atoms with Crippen LogP contribution in [0.2, 0.25) is 5.02 Å². The topological polar surface area (TPSA) is 55.7 Å². The van der Waals surface area contributed by atoms with E-state index in [2.05, 4.69) is 5.16 Å². The van der Waals surface area contributed by atoms with Gasteiger partial charge in [0, 0.05) is 16.5 Å². The van der Waals surface area contributed by atoms with Crippen molar-refractivity contribution < 1.29 is 14.4 Å². The van der Waals surface area contributed by atoms with E-state index in [1.807, 2.05) is 26.8 Å². The number of carbonyl (C=O) groups is 2. The van der Waals surface area contributed by atoms with Crippen LogP contribution in [-0.4, -0.2) is 23.9 Å². The van der Waals surface area contributed by atoms with Gasteiger partial charge in [-0.15, -0.1) is 0 Å². The number of aryl methyl sites for hydroxylation is 1. The van der Waals surface area contributed by atoms with Crippen molar-refractivity contribution in [3.05, 3.63) is 33.3 Å². The molecule has 1 saturated carbocycles. The second-order valence-electron chi connectivity index (χ2n) is 8.17. The van der Waals surface area contributed by atoms with Crippen molar-refractivity contribution in [2.45, 2.75) is 52.6 Å². The van der Waals surface area contributed by atoms with Crippen molar-refractivity contribution in [1.29, 1.82) is 0 Å². The van der Waals surface area contributed by atoms with Gasteiger partial charge in [0.05, 0.1) is 11.2 Å². The summed E-state index contributed by atoms with van der Waals surface area (Å²) >= 11 is 6.61. The molecular formula is C20H22ClNO3. The van der Waals surface area contributed by atoms with Crippen molar-refractivity contribution in [2.75, 3.05) is 0 Å². The predicted octanol–water partition coefficient (Wildman–Crippen LogP) is 4.40. The van der Waals surface area contributed by atoms with Crippen LogP contribution in [0.4, 0.5) is 0 Å². The van der Waals surface area contributed by atoms with Crippen LogP contribution in [0, 0.1) is 24.2 Å². The molecule has 132 valence electrons. The zero-order chi connectivity index (χ0) is 17.9. The summed E-state index contributed by atoms with van der Waals surface area (Å²) in [4.78, 5) is 31.5. The maximum absolute atomic E-state index is 13.1. The maximum atomic E-state index is 13.1. The van der Waals surface area contributed by atoms with Crippen LogP contribution in [0.25, 0.3) is 0 Å². The van der Waals surface area contributed by atoms with Gasteiger partial charge in [0.1, 0.15) is 12.0 Å². The molecule has 5 heteroatoms. The van der Waals surface area contributed by atoms with E-state index >= 15 is 0 Å². The number of halogens is 1. The fourth-order valence-corrected chi connectivity index (χ4v) is 4.33. The Bertz CT molecular complexity index is 808. The molecule has 2 unspecified atom stereocenters. The van der Waals surface area contributed by atoms with Crippen molar-refractivity contribution in [3.63, 3.8) is 0 Å². The molecule has 25 heavy (non-hydrogen) atoms. The summed E-state index contributed by atoms with van der Waals surface area (Å²) in [5, 5.41) is 4.18. The molecule has 0 aromatic heterocycles. The fourth-order valence-electron chi connectivity index (χ4n) is 3.98. The highest BCUT2D eigenvalue weighted by molar-refractivity contribution is 6.38. The molecule has 0 bridgehead atoms. The van der Waals surface area contributed by atoms with Crippen molar-refractivity contribution in [1.82, 2.24) is 0 Å². The number of nitrogens with zero attached hydrogens (tertiary/aromatic N) is 1. The van der Waals surface area contributed by atoms with Gasteiger partial charge in [0.2, 0.25) is 0 Å². The number of Topliss-reactive ketones (excluding diaryl/α,β-unsaturated/α-hetero) is 2. The molecule has 0 spiro atoms. The van der Waals surface area contributed by atoms with E-state index in [0.717, 1.165) is 36.8 Å². The first-order chi connectivity index (χ1) is 11.8. The van der Waals surface area contributed by atoms with E-state index in [1.165, 1.54) is 0 Å². The van der Waals surface area contributed by atoms with Crippen LogP contribution in [0.5, 0.6) is 0 Å². The number of hydrogen-bond donors (Lipinski definition) is 0. The van der Waals surface area contributed by atoms with E-state index in [-0.39, 0.29) is 17.7 Å². The highest BCUT2D eigenvalue weighted by atomic mass is 35.5. The minimum Gasteiger partial charge on any atom is -0.391 e. The van der Waals surface area contributed by atoms with Crippen molar-refractivity contribution in [2.24, 2.45) is 22.4 Å². The molecule has 0 N–H and O–H groups in total. The quantitative estimate of drug-likeness (QED) is 0.752. The summed E-state index contributed by atoms with van der Waals surface area (Å²) in [6, 6.07) is 1.84. The average molecular weight is 360 g/mol. The molecule has 0 saturated heterocycles. The molecule has 1 heterocycles. The molecule has 2 aliphatic carbocycles. The molecule has 1 aliphatic heterocycles. The predicted molar refractivity (Wildman–Crippen MR) is 96.5 cm³/mol. The number of rotatable bonds is 3. The molecular weight excluding hydrogens is 338 g/mol. The van der Waals surface area contributed by atoms with Gasteiger partial charge in [0.15, 0.2) is 11.6 Å². The second kappa shape index (κ2) is 5.66. The maximum Gasteiger partial charge on any atom is 0.176 e. The number of carbonyl (C=O) groups excluding carboxylic acids is 2. The largest absolute Gasteiger partial charge is 0.391 e. The summed E-state index contributed by atoms with van der Waals surface area (Å²) in [5.41, 5.74) is 2.47. The van der Waals surface area contributed by atoms with Crippen molar-refractivity contribution >= 4 is 29.4 Å². The number of fused-ring (bicyclic) bond motifs is 1. The molecule has 4 rings (SSSR count). The van der Waals surface area contributed by atoms with Crippen LogP contribution in [-0.2, 0) is 11.3 Å². The first kappa shape index (κ1) is 16.8. The zero-order valence-corrected chi connectivity index (χ0v) is 15.5. The van der Waals surface area contributed by atoms with E-state index < -0.39 is 11.3 Å². The first-order valence-corrected chi connectivity index (χ1v) is 9.29. The van der Waals surface area contributed by atoms with Gasteiger partial charge in [-0.2, -0.15) is 0 Å². The lowest BCUT2D eigenvalue weighted by Crippen LogP contribution is -2.33. The van der Waals surface area contributed by atoms with Crippen LogP contribution >= 0.6 is 11.6 Å². The van der Waals surface area contributed by atoms with E-state index in [0.29, 0.717) is 22.1 Å². The molecule has 3 aliphatic rings. The van der Waals surface area contributed by atoms with Gasteiger partial charge < -0.3 is 4.84 Å². The third-order valence-electron chi connectivity index (χ3n) is 5.85. The van der Waals surface area contributed by atoms with E-state index in [1.54, 1.807) is 6.21 Å². The molecule has 0 amide bonds. The lowest BCUT2D eigenvalue weighted by Gasteiger charge is -2.32. The molecule has 0 radical (unpaired) electrons. The SMILES string of the molecule is Cc1cc(C(=O)C2C=NOC2C2CC2)c(Cl)c2c1CCC(C)(C)C2=O. The average Bonchev–Trinajstić information content (AvgIpc) is 3.29.